The number of hydrogen-bond acceptors (Lipinski definition) is 9. The van der Waals surface area contributed by atoms with Crippen molar-refractivity contribution < 1.29 is 38.5 Å². The van der Waals surface area contributed by atoms with Crippen LogP contribution in [0.25, 0.3) is 0 Å². The van der Waals surface area contributed by atoms with Crippen LogP contribution in [0.15, 0.2) is 71.1 Å². The fraction of sp³-hybridized carbons (Fsp3) is 0.484. The van der Waals surface area contributed by atoms with Crippen molar-refractivity contribution in [3.8, 4) is 0 Å². The molecule has 0 fully saturated rings. The number of carbonyl (C=O) groups excluding carboxylic acids is 4. The zero-order valence-corrected chi connectivity index (χ0v) is 25.1. The van der Waals surface area contributed by atoms with Crippen molar-refractivity contribution in [2.75, 3.05) is 20.8 Å². The van der Waals surface area contributed by atoms with Gasteiger partial charge in [-0.05, 0) is 38.2 Å². The molecule has 11 heteroatoms. The molecule has 230 valence electrons. The van der Waals surface area contributed by atoms with Gasteiger partial charge in [-0.3, -0.25) is 14.4 Å². The Morgan fingerprint density at radius 3 is 2.50 bits per heavy atom. The molecule has 1 aliphatic carbocycles. The Morgan fingerprint density at radius 1 is 1.21 bits per heavy atom. The van der Waals surface area contributed by atoms with Crippen LogP contribution in [0, 0.1) is 11.8 Å². The highest BCUT2D eigenvalue weighted by Crippen LogP contribution is 2.28. The van der Waals surface area contributed by atoms with Gasteiger partial charge in [0.05, 0.1) is 23.6 Å². The van der Waals surface area contributed by atoms with Crippen LogP contribution in [-0.4, -0.2) is 73.9 Å². The first-order valence-corrected chi connectivity index (χ1v) is 13.8. The molecule has 2 unspecified atom stereocenters. The van der Waals surface area contributed by atoms with Gasteiger partial charge in [-0.25, -0.2) is 4.79 Å². The number of ketones is 2. The molecule has 0 aromatic rings. The van der Waals surface area contributed by atoms with Gasteiger partial charge in [-0.1, -0.05) is 44.2 Å². The normalized spacial score (nSPS) is 31.6. The average Bonchev–Trinajstić information content (AvgIpc) is 2.94. The van der Waals surface area contributed by atoms with E-state index in [2.05, 4.69) is 17.2 Å². The lowest BCUT2D eigenvalue weighted by atomic mass is 9.85. The Bertz CT molecular complexity index is 1210. The molecule has 0 saturated heterocycles. The molecule has 2 bridgehead atoms. The molecular weight excluding hydrogens is 542 g/mol. The molecule has 2 aliphatic rings. The van der Waals surface area contributed by atoms with Gasteiger partial charge >= 0.3 is 6.09 Å². The molecule has 0 aromatic heterocycles. The first-order chi connectivity index (χ1) is 19.8. The number of hydrogen-bond donors (Lipinski definition) is 4. The van der Waals surface area contributed by atoms with Gasteiger partial charge in [-0.2, -0.15) is 0 Å². The molecule has 0 aromatic carbocycles. The highest BCUT2D eigenvalue weighted by molar-refractivity contribution is 6.23. The minimum atomic E-state index is -1.00. The van der Waals surface area contributed by atoms with E-state index in [9.17, 15) is 24.3 Å². The second kappa shape index (κ2) is 16.0. The van der Waals surface area contributed by atoms with Crippen LogP contribution in [0.2, 0.25) is 0 Å². The zero-order valence-electron chi connectivity index (χ0n) is 25.1. The number of fused-ring (bicyclic) bond motifs is 2. The molecule has 0 saturated carbocycles. The van der Waals surface area contributed by atoms with Crippen LogP contribution in [0.1, 0.15) is 40.5 Å². The predicted molar refractivity (Wildman–Crippen MR) is 158 cm³/mol. The van der Waals surface area contributed by atoms with E-state index in [0.717, 1.165) is 6.08 Å². The van der Waals surface area contributed by atoms with Gasteiger partial charge in [0.1, 0.15) is 6.10 Å². The van der Waals surface area contributed by atoms with E-state index < -0.39 is 53.9 Å². The second-order valence-electron chi connectivity index (χ2n) is 10.6. The Morgan fingerprint density at radius 2 is 1.90 bits per heavy atom. The van der Waals surface area contributed by atoms with Crippen molar-refractivity contribution in [2.24, 2.45) is 17.6 Å². The molecule has 0 radical (unpaired) electrons. The Hall–Kier alpha value is -3.80. The van der Waals surface area contributed by atoms with E-state index >= 15 is 0 Å². The van der Waals surface area contributed by atoms with Crippen molar-refractivity contribution in [1.29, 1.82) is 0 Å². The smallest absolute Gasteiger partial charge is 0.405 e. The number of nitrogens with one attached hydrogen (secondary N) is 2. The van der Waals surface area contributed by atoms with E-state index in [1.54, 1.807) is 45.1 Å². The monoisotopic (exact) mass is 585 g/mol. The SMILES string of the molecule is C=CCNC1=C2C[C@@H](C)CC(OC)[C@H](O)[C@@H](C)/C=C(\C)[C@H](OC(N)=O)C(OC)/C=C/C=C(/C)C(=O)NC(=CC1=O)C2=O. The van der Waals surface area contributed by atoms with Crippen molar-refractivity contribution in [3.63, 3.8) is 0 Å². The summed E-state index contributed by atoms with van der Waals surface area (Å²) < 4.78 is 16.6. The molecule has 2 amide bonds. The summed E-state index contributed by atoms with van der Waals surface area (Å²) in [6.45, 7) is 10.9. The summed E-state index contributed by atoms with van der Waals surface area (Å²) in [7, 11) is 2.92. The van der Waals surface area contributed by atoms with E-state index in [1.165, 1.54) is 20.3 Å². The highest BCUT2D eigenvalue weighted by atomic mass is 16.6. The number of amides is 2. The zero-order chi connectivity index (χ0) is 31.6. The fourth-order valence-corrected chi connectivity index (χ4v) is 4.95. The maximum absolute atomic E-state index is 13.5. The number of allylic oxidation sites excluding steroid dienone is 4. The number of primary amides is 1. The minimum absolute atomic E-state index is 0.132. The lowest BCUT2D eigenvalue weighted by molar-refractivity contribution is -0.120. The van der Waals surface area contributed by atoms with E-state index in [1.807, 2.05) is 6.92 Å². The van der Waals surface area contributed by atoms with E-state index in [0.29, 0.717) is 12.0 Å². The molecular formula is C31H43N3O8. The summed E-state index contributed by atoms with van der Waals surface area (Å²) in [5, 5.41) is 16.7. The van der Waals surface area contributed by atoms with Gasteiger partial charge in [0.2, 0.25) is 11.6 Å². The first kappa shape index (κ1) is 34.4. The average molecular weight is 586 g/mol. The predicted octanol–water partition coefficient (Wildman–Crippen LogP) is 2.54. The van der Waals surface area contributed by atoms with Crippen LogP contribution in [0.4, 0.5) is 4.79 Å². The molecule has 1 aliphatic heterocycles. The lowest BCUT2D eigenvalue weighted by Gasteiger charge is -2.30. The Kier molecular flexibility index (Phi) is 13.1. The van der Waals surface area contributed by atoms with Gasteiger partial charge < -0.3 is 35.7 Å². The number of nitrogens with two attached hydrogens (primary N) is 1. The number of aliphatic hydroxyl groups is 1. The quantitative estimate of drug-likeness (QED) is 0.271. The molecule has 11 nitrogen and oxygen atoms in total. The highest BCUT2D eigenvalue weighted by Gasteiger charge is 2.33. The molecule has 0 spiro atoms. The number of methoxy groups -OCH3 is 2. The third-order valence-corrected chi connectivity index (χ3v) is 7.22. The molecule has 5 N–H and O–H groups in total. The number of aliphatic hydroxyl groups excluding tert-OH is 1. The summed E-state index contributed by atoms with van der Waals surface area (Å²) >= 11 is 0. The van der Waals surface area contributed by atoms with Crippen LogP contribution in [0.5, 0.6) is 0 Å². The largest absolute Gasteiger partial charge is 0.439 e. The lowest BCUT2D eigenvalue weighted by Crippen LogP contribution is -2.37. The molecule has 1 heterocycles. The Labute approximate surface area is 247 Å². The Balaban J connectivity index is 2.62. The molecule has 2 rings (SSSR count). The molecule has 6 atom stereocenters. The fourth-order valence-electron chi connectivity index (χ4n) is 4.95. The van der Waals surface area contributed by atoms with Crippen LogP contribution < -0.4 is 16.4 Å². The van der Waals surface area contributed by atoms with Crippen molar-refractivity contribution in [2.45, 2.75) is 65.0 Å². The topological polar surface area (TPSA) is 166 Å². The van der Waals surface area contributed by atoms with Gasteiger partial charge in [-0.15, -0.1) is 6.58 Å². The number of ether oxygens (including phenoxy) is 3. The summed E-state index contributed by atoms with van der Waals surface area (Å²) in [5.41, 5.74) is 6.42. The van der Waals surface area contributed by atoms with Gasteiger partial charge in [0.25, 0.3) is 5.91 Å². The van der Waals surface area contributed by atoms with Gasteiger partial charge in [0.15, 0.2) is 6.10 Å². The maximum atomic E-state index is 13.5. The van der Waals surface area contributed by atoms with E-state index in [4.69, 9.17) is 19.9 Å². The maximum Gasteiger partial charge on any atom is 0.405 e. The minimum Gasteiger partial charge on any atom is -0.439 e. The van der Waals surface area contributed by atoms with E-state index in [-0.39, 0.29) is 41.4 Å². The second-order valence-corrected chi connectivity index (χ2v) is 10.6. The summed E-state index contributed by atoms with van der Waals surface area (Å²) in [5.74, 6) is -2.14. The van der Waals surface area contributed by atoms with Crippen LogP contribution >= 0.6 is 0 Å². The molecule has 42 heavy (non-hydrogen) atoms. The third-order valence-electron chi connectivity index (χ3n) is 7.22. The van der Waals surface area contributed by atoms with Crippen LogP contribution in [0.3, 0.4) is 0 Å². The first-order valence-electron chi connectivity index (χ1n) is 13.8. The number of rotatable bonds is 6. The van der Waals surface area contributed by atoms with Crippen molar-refractivity contribution in [3.05, 3.63) is 71.1 Å². The standard InChI is InChI=1S/C31H43N3O8/c1-8-12-33-26-21-13-17(2)14-25(41-7)27(36)19(4)15-20(5)29(42-31(32)39)24(40-6)11-9-10-18(3)30(38)34-22(28(21)37)16-23(26)35/h8-11,15-17,19,24-25,27,29,33,36H,1,12-14H2,2-7H3,(H2,32,39)(H,34,38)/b11-9+,18-10-,20-15+/t17-,19+,24?,25?,27-,29+/m1/s1. The number of Topliss-reactive ketones (excluding diaryl/α,β-unsaturated/α-hetero) is 1. The van der Waals surface area contributed by atoms with Crippen LogP contribution in [-0.2, 0) is 28.6 Å². The van der Waals surface area contributed by atoms with Crippen molar-refractivity contribution >= 4 is 23.6 Å². The number of carbonyl (C=O) groups is 4. The third kappa shape index (κ3) is 9.10. The van der Waals surface area contributed by atoms with Gasteiger partial charge in [0, 0.05) is 43.9 Å². The van der Waals surface area contributed by atoms with Crippen molar-refractivity contribution in [1.82, 2.24) is 10.6 Å². The summed E-state index contributed by atoms with van der Waals surface area (Å²) in [6.07, 6.45) is 5.34. The summed E-state index contributed by atoms with van der Waals surface area (Å²) in [6, 6.07) is 0. The summed E-state index contributed by atoms with van der Waals surface area (Å²) in [4.78, 5) is 51.3.